The van der Waals surface area contributed by atoms with Crippen molar-refractivity contribution in [3.05, 3.63) is 65.9 Å². The zero-order valence-electron chi connectivity index (χ0n) is 13.6. The minimum atomic E-state index is -0.558. The zero-order valence-corrected chi connectivity index (χ0v) is 13.6. The van der Waals surface area contributed by atoms with Crippen LogP contribution in [0.4, 0.5) is 0 Å². The number of phenolic OH excluding ortho intramolecular Hbond substituents is 1. The second-order valence-electron chi connectivity index (χ2n) is 5.20. The van der Waals surface area contributed by atoms with Gasteiger partial charge in [-0.15, -0.1) is 0 Å². The molecule has 25 heavy (non-hydrogen) atoms. The summed E-state index contributed by atoms with van der Waals surface area (Å²) in [5, 5.41) is 17.3. The van der Waals surface area contributed by atoms with E-state index < -0.39 is 5.97 Å². The predicted molar refractivity (Wildman–Crippen MR) is 89.7 cm³/mol. The van der Waals surface area contributed by atoms with Crippen molar-refractivity contribution in [1.82, 2.24) is 15.0 Å². The van der Waals surface area contributed by atoms with E-state index in [1.807, 2.05) is 30.3 Å². The molecule has 0 aliphatic carbocycles. The Balaban J connectivity index is 1.91. The Morgan fingerprint density at radius 3 is 2.52 bits per heavy atom. The summed E-state index contributed by atoms with van der Waals surface area (Å²) in [5.74, 6) is 0.0399. The Bertz CT molecular complexity index is 845. The Labute approximate surface area is 144 Å². The van der Waals surface area contributed by atoms with Crippen molar-refractivity contribution in [3.8, 4) is 17.4 Å². The molecule has 2 aromatic carbocycles. The van der Waals surface area contributed by atoms with Gasteiger partial charge in [0.2, 0.25) is 5.69 Å². The Morgan fingerprint density at radius 1 is 1.12 bits per heavy atom. The molecule has 0 radical (unpaired) electrons. The molecule has 7 heteroatoms. The number of benzene rings is 2. The van der Waals surface area contributed by atoms with E-state index in [4.69, 9.17) is 9.47 Å². The number of carbonyl (C=O) groups is 1. The molecule has 0 aliphatic heterocycles. The summed E-state index contributed by atoms with van der Waals surface area (Å²) >= 11 is 0. The van der Waals surface area contributed by atoms with Crippen molar-refractivity contribution in [2.45, 2.75) is 13.5 Å². The van der Waals surface area contributed by atoms with Crippen molar-refractivity contribution < 1.29 is 19.4 Å². The van der Waals surface area contributed by atoms with Gasteiger partial charge in [-0.25, -0.2) is 9.48 Å². The first-order valence-electron chi connectivity index (χ1n) is 7.78. The average molecular weight is 339 g/mol. The molecule has 0 fully saturated rings. The molecule has 7 nitrogen and oxygen atoms in total. The standard InChI is InChI=1S/C18H17N3O4/c1-2-24-18(23)16-17(25-15-10-8-14(22)9-11-15)19-20-21(16)12-13-6-4-3-5-7-13/h3-11,22H,2,12H2,1H3. The molecule has 3 rings (SSSR count). The predicted octanol–water partition coefficient (Wildman–Crippen LogP) is 3.00. The van der Waals surface area contributed by atoms with Crippen molar-refractivity contribution in [2.75, 3.05) is 6.61 Å². The van der Waals surface area contributed by atoms with Gasteiger partial charge in [-0.3, -0.25) is 0 Å². The van der Waals surface area contributed by atoms with Crippen molar-refractivity contribution in [1.29, 1.82) is 0 Å². The van der Waals surface area contributed by atoms with Gasteiger partial charge in [-0.05, 0) is 36.8 Å². The number of aromatic hydroxyl groups is 1. The molecule has 128 valence electrons. The minimum Gasteiger partial charge on any atom is -0.508 e. The average Bonchev–Trinajstić information content (AvgIpc) is 3.00. The number of rotatable bonds is 6. The first-order chi connectivity index (χ1) is 12.2. The highest BCUT2D eigenvalue weighted by Gasteiger charge is 2.24. The fourth-order valence-electron chi connectivity index (χ4n) is 2.25. The van der Waals surface area contributed by atoms with Gasteiger partial charge < -0.3 is 14.6 Å². The van der Waals surface area contributed by atoms with E-state index in [2.05, 4.69) is 10.3 Å². The molecule has 1 aromatic heterocycles. The highest BCUT2D eigenvalue weighted by Crippen LogP contribution is 2.25. The fraction of sp³-hybridized carbons (Fsp3) is 0.167. The molecule has 3 aromatic rings. The van der Waals surface area contributed by atoms with Crippen LogP contribution in [0.25, 0.3) is 0 Å². The maximum atomic E-state index is 12.3. The molecule has 0 aliphatic rings. The van der Waals surface area contributed by atoms with Gasteiger partial charge in [-0.1, -0.05) is 40.6 Å². The second kappa shape index (κ2) is 7.48. The largest absolute Gasteiger partial charge is 0.508 e. The van der Waals surface area contributed by atoms with E-state index in [0.29, 0.717) is 12.3 Å². The first kappa shape index (κ1) is 16.5. The highest BCUT2D eigenvalue weighted by atomic mass is 16.5. The number of hydrogen-bond donors (Lipinski definition) is 1. The van der Waals surface area contributed by atoms with E-state index in [-0.39, 0.29) is 23.9 Å². The molecule has 0 atom stereocenters. The summed E-state index contributed by atoms with van der Waals surface area (Å²) in [6.45, 7) is 2.32. The molecule has 0 bridgehead atoms. The van der Waals surface area contributed by atoms with Crippen LogP contribution in [0.3, 0.4) is 0 Å². The van der Waals surface area contributed by atoms with E-state index in [1.165, 1.54) is 16.8 Å². The molecule has 0 saturated heterocycles. The van der Waals surface area contributed by atoms with Gasteiger partial charge >= 0.3 is 5.97 Å². The van der Waals surface area contributed by atoms with Gasteiger partial charge in [-0.2, -0.15) is 0 Å². The van der Waals surface area contributed by atoms with Crippen LogP contribution in [0.2, 0.25) is 0 Å². The number of carbonyl (C=O) groups excluding carboxylic acids is 1. The van der Waals surface area contributed by atoms with Crippen LogP contribution >= 0.6 is 0 Å². The van der Waals surface area contributed by atoms with Crippen LogP contribution in [-0.2, 0) is 11.3 Å². The fourth-order valence-corrected chi connectivity index (χ4v) is 2.25. The minimum absolute atomic E-state index is 0.0556. The lowest BCUT2D eigenvalue weighted by molar-refractivity contribution is 0.0509. The molecule has 0 spiro atoms. The second-order valence-corrected chi connectivity index (χ2v) is 5.20. The van der Waals surface area contributed by atoms with Gasteiger partial charge in [0, 0.05) is 0 Å². The van der Waals surface area contributed by atoms with Crippen LogP contribution < -0.4 is 4.74 Å². The number of aromatic nitrogens is 3. The summed E-state index contributed by atoms with van der Waals surface area (Å²) in [5.41, 5.74) is 1.10. The molecule has 1 N–H and O–H groups in total. The molecule has 0 unspecified atom stereocenters. The Morgan fingerprint density at radius 2 is 1.84 bits per heavy atom. The number of phenols is 1. The van der Waals surface area contributed by atoms with Crippen molar-refractivity contribution in [3.63, 3.8) is 0 Å². The number of esters is 1. The van der Waals surface area contributed by atoms with Crippen molar-refractivity contribution in [2.24, 2.45) is 0 Å². The van der Waals surface area contributed by atoms with Crippen LogP contribution in [0, 0.1) is 0 Å². The van der Waals surface area contributed by atoms with Crippen LogP contribution in [0.15, 0.2) is 54.6 Å². The third-order valence-electron chi connectivity index (χ3n) is 3.40. The van der Waals surface area contributed by atoms with Crippen LogP contribution in [0.5, 0.6) is 17.4 Å². The normalized spacial score (nSPS) is 10.4. The molecule has 0 saturated carbocycles. The summed E-state index contributed by atoms with van der Waals surface area (Å²) < 4.78 is 12.2. The summed E-state index contributed by atoms with van der Waals surface area (Å²) in [4.78, 5) is 12.3. The van der Waals surface area contributed by atoms with Gasteiger partial charge in [0.25, 0.3) is 5.88 Å². The van der Waals surface area contributed by atoms with Crippen LogP contribution in [0.1, 0.15) is 23.0 Å². The Kier molecular flexibility index (Phi) is 4.94. The number of hydrogen-bond acceptors (Lipinski definition) is 6. The third kappa shape index (κ3) is 3.95. The van der Waals surface area contributed by atoms with Gasteiger partial charge in [0.15, 0.2) is 0 Å². The van der Waals surface area contributed by atoms with E-state index in [9.17, 15) is 9.90 Å². The van der Waals surface area contributed by atoms with Gasteiger partial charge in [0.05, 0.1) is 13.2 Å². The lowest BCUT2D eigenvalue weighted by atomic mass is 10.2. The maximum absolute atomic E-state index is 12.3. The first-order valence-corrected chi connectivity index (χ1v) is 7.78. The molecule has 1 heterocycles. The van der Waals surface area contributed by atoms with E-state index >= 15 is 0 Å². The SMILES string of the molecule is CCOC(=O)c1c(Oc2ccc(O)cc2)nnn1Cc1ccccc1. The van der Waals surface area contributed by atoms with E-state index in [1.54, 1.807) is 19.1 Å². The molecular weight excluding hydrogens is 322 g/mol. The van der Waals surface area contributed by atoms with Gasteiger partial charge in [0.1, 0.15) is 11.5 Å². The zero-order chi connectivity index (χ0) is 17.6. The summed E-state index contributed by atoms with van der Waals surface area (Å²) in [6, 6.07) is 15.7. The van der Waals surface area contributed by atoms with E-state index in [0.717, 1.165) is 5.56 Å². The molecule has 0 amide bonds. The summed E-state index contributed by atoms with van der Waals surface area (Å²) in [7, 11) is 0. The topological polar surface area (TPSA) is 86.5 Å². The number of nitrogens with zero attached hydrogens (tertiary/aromatic N) is 3. The van der Waals surface area contributed by atoms with Crippen LogP contribution in [-0.4, -0.2) is 32.7 Å². The lowest BCUT2D eigenvalue weighted by Gasteiger charge is -2.08. The quantitative estimate of drug-likeness (QED) is 0.695. The summed E-state index contributed by atoms with van der Waals surface area (Å²) in [6.07, 6.45) is 0. The monoisotopic (exact) mass is 339 g/mol. The van der Waals surface area contributed by atoms with Crippen molar-refractivity contribution >= 4 is 5.97 Å². The highest BCUT2D eigenvalue weighted by molar-refractivity contribution is 5.90. The third-order valence-corrected chi connectivity index (χ3v) is 3.40. The Hall–Kier alpha value is -3.35. The maximum Gasteiger partial charge on any atom is 0.362 e. The molecular formula is C18H17N3O4. The number of ether oxygens (including phenoxy) is 2. The smallest absolute Gasteiger partial charge is 0.362 e. The lowest BCUT2D eigenvalue weighted by Crippen LogP contribution is -2.15.